The molecule has 2 N–H and O–H groups in total. The number of furan rings is 1. The summed E-state index contributed by atoms with van der Waals surface area (Å²) in [6.07, 6.45) is 5.44. The molecule has 66 valence electrons. The van der Waals surface area contributed by atoms with Gasteiger partial charge < -0.3 is 10.2 Å². The molecule has 1 aliphatic carbocycles. The van der Waals surface area contributed by atoms with Crippen molar-refractivity contribution in [3.63, 3.8) is 0 Å². The van der Waals surface area contributed by atoms with Gasteiger partial charge in [0.15, 0.2) is 0 Å². The first-order valence-electron chi connectivity index (χ1n) is 4.25. The maximum absolute atomic E-state index is 5.93. The molecule has 0 amide bonds. The molecular formula is C9H12BrNO. The van der Waals surface area contributed by atoms with Gasteiger partial charge in [0, 0.05) is 0 Å². The minimum Gasteiger partial charge on any atom is -0.466 e. The number of hydrogen-bond acceptors (Lipinski definition) is 2. The molecule has 0 saturated heterocycles. The van der Waals surface area contributed by atoms with Crippen LogP contribution in [-0.2, 0) is 0 Å². The summed E-state index contributed by atoms with van der Waals surface area (Å²) >= 11 is 3.33. The van der Waals surface area contributed by atoms with Crippen LogP contribution in [0.15, 0.2) is 21.2 Å². The monoisotopic (exact) mass is 229 g/mol. The second kappa shape index (κ2) is 3.23. The lowest BCUT2D eigenvalue weighted by molar-refractivity contribution is 0.440. The lowest BCUT2D eigenvalue weighted by atomic mass is 10.1. The summed E-state index contributed by atoms with van der Waals surface area (Å²) in [7, 11) is 0. The standard InChI is InChI=1S/C9H12BrNO/c10-7-4-9(12-5-7)8(11)3-6-1-2-6/h4-6,8H,1-3,11H2. The zero-order valence-corrected chi connectivity index (χ0v) is 8.38. The van der Waals surface area contributed by atoms with E-state index in [4.69, 9.17) is 10.2 Å². The molecule has 1 unspecified atom stereocenters. The predicted molar refractivity (Wildman–Crippen MR) is 50.7 cm³/mol. The maximum atomic E-state index is 5.93. The largest absolute Gasteiger partial charge is 0.466 e. The van der Waals surface area contributed by atoms with Gasteiger partial charge in [0.2, 0.25) is 0 Å². The van der Waals surface area contributed by atoms with Crippen molar-refractivity contribution in [2.75, 3.05) is 0 Å². The molecule has 1 heterocycles. The Balaban J connectivity index is 1.97. The molecule has 1 aromatic heterocycles. The summed E-state index contributed by atoms with van der Waals surface area (Å²) in [6, 6.07) is 2.04. The molecule has 0 bridgehead atoms. The van der Waals surface area contributed by atoms with Gasteiger partial charge in [-0.15, -0.1) is 0 Å². The molecule has 0 aromatic carbocycles. The van der Waals surface area contributed by atoms with Crippen molar-refractivity contribution < 1.29 is 4.42 Å². The average molecular weight is 230 g/mol. The van der Waals surface area contributed by atoms with E-state index in [1.54, 1.807) is 6.26 Å². The third-order valence-electron chi connectivity index (χ3n) is 2.24. The van der Waals surface area contributed by atoms with Crippen LogP contribution in [0.2, 0.25) is 0 Å². The molecule has 2 rings (SSSR count). The molecule has 0 aliphatic heterocycles. The van der Waals surface area contributed by atoms with Crippen LogP contribution in [0.5, 0.6) is 0 Å². The highest BCUT2D eigenvalue weighted by atomic mass is 79.9. The highest BCUT2D eigenvalue weighted by Crippen LogP contribution is 2.37. The highest BCUT2D eigenvalue weighted by Gasteiger charge is 2.25. The van der Waals surface area contributed by atoms with Crippen LogP contribution >= 0.6 is 15.9 Å². The normalized spacial score (nSPS) is 19.5. The van der Waals surface area contributed by atoms with Crippen molar-refractivity contribution in [1.29, 1.82) is 0 Å². The van der Waals surface area contributed by atoms with E-state index in [-0.39, 0.29) is 6.04 Å². The van der Waals surface area contributed by atoms with E-state index >= 15 is 0 Å². The van der Waals surface area contributed by atoms with Gasteiger partial charge in [-0.3, -0.25) is 0 Å². The van der Waals surface area contributed by atoms with Gasteiger partial charge in [0.25, 0.3) is 0 Å². The van der Waals surface area contributed by atoms with E-state index < -0.39 is 0 Å². The topological polar surface area (TPSA) is 39.2 Å². The Kier molecular flexibility index (Phi) is 2.24. The van der Waals surface area contributed by atoms with Crippen LogP contribution in [-0.4, -0.2) is 0 Å². The molecule has 12 heavy (non-hydrogen) atoms. The van der Waals surface area contributed by atoms with Gasteiger partial charge in [0.05, 0.1) is 10.5 Å². The average Bonchev–Trinajstić information content (AvgIpc) is 2.72. The third kappa shape index (κ3) is 1.90. The number of hydrogen-bond donors (Lipinski definition) is 1. The second-order valence-corrected chi connectivity index (χ2v) is 4.37. The van der Waals surface area contributed by atoms with Crippen molar-refractivity contribution in [1.82, 2.24) is 0 Å². The molecule has 1 fully saturated rings. The Bertz CT molecular complexity index is 267. The molecule has 2 nitrogen and oxygen atoms in total. The summed E-state index contributed by atoms with van der Waals surface area (Å²) in [5.41, 5.74) is 5.93. The molecular weight excluding hydrogens is 218 g/mol. The van der Waals surface area contributed by atoms with Crippen molar-refractivity contribution >= 4 is 15.9 Å². The third-order valence-corrected chi connectivity index (χ3v) is 2.65. The van der Waals surface area contributed by atoms with Gasteiger partial charge in [-0.25, -0.2) is 0 Å². The fourth-order valence-corrected chi connectivity index (χ4v) is 1.67. The first-order chi connectivity index (χ1) is 5.75. The quantitative estimate of drug-likeness (QED) is 0.867. The lowest BCUT2D eigenvalue weighted by Crippen LogP contribution is -2.09. The zero-order chi connectivity index (χ0) is 8.55. The Labute approximate surface area is 80.3 Å². The van der Waals surface area contributed by atoms with Crippen LogP contribution < -0.4 is 5.73 Å². The van der Waals surface area contributed by atoms with E-state index in [0.29, 0.717) is 0 Å². The zero-order valence-electron chi connectivity index (χ0n) is 6.79. The van der Waals surface area contributed by atoms with Gasteiger partial charge in [-0.05, 0) is 34.3 Å². The van der Waals surface area contributed by atoms with Crippen LogP contribution in [0.1, 0.15) is 31.1 Å². The lowest BCUT2D eigenvalue weighted by Gasteiger charge is -2.05. The van der Waals surface area contributed by atoms with Crippen LogP contribution in [0.4, 0.5) is 0 Å². The van der Waals surface area contributed by atoms with Crippen molar-refractivity contribution in [3.8, 4) is 0 Å². The minimum absolute atomic E-state index is 0.0869. The first-order valence-corrected chi connectivity index (χ1v) is 5.04. The Morgan fingerprint density at radius 1 is 1.67 bits per heavy atom. The van der Waals surface area contributed by atoms with Crippen molar-refractivity contribution in [2.45, 2.75) is 25.3 Å². The molecule has 1 aromatic rings. The van der Waals surface area contributed by atoms with Gasteiger partial charge in [-0.1, -0.05) is 12.8 Å². The molecule has 1 atom stereocenters. The molecule has 0 radical (unpaired) electrons. The summed E-state index contributed by atoms with van der Waals surface area (Å²) in [5, 5.41) is 0. The SMILES string of the molecule is NC(CC1CC1)c1cc(Br)co1. The van der Waals surface area contributed by atoms with E-state index in [9.17, 15) is 0 Å². The van der Waals surface area contributed by atoms with Gasteiger partial charge in [-0.2, -0.15) is 0 Å². The minimum atomic E-state index is 0.0869. The second-order valence-electron chi connectivity index (χ2n) is 3.45. The van der Waals surface area contributed by atoms with Crippen molar-refractivity contribution in [3.05, 3.63) is 22.6 Å². The van der Waals surface area contributed by atoms with Gasteiger partial charge >= 0.3 is 0 Å². The Hall–Kier alpha value is -0.280. The van der Waals surface area contributed by atoms with Crippen molar-refractivity contribution in [2.24, 2.45) is 11.7 Å². The van der Waals surface area contributed by atoms with Gasteiger partial charge in [0.1, 0.15) is 12.0 Å². The molecule has 1 aliphatic rings. The molecule has 3 heteroatoms. The Morgan fingerprint density at radius 3 is 2.92 bits per heavy atom. The molecule has 0 spiro atoms. The smallest absolute Gasteiger partial charge is 0.121 e. The van der Waals surface area contributed by atoms with Crippen LogP contribution in [0, 0.1) is 5.92 Å². The number of nitrogens with two attached hydrogens (primary N) is 1. The fraction of sp³-hybridized carbons (Fsp3) is 0.556. The van der Waals surface area contributed by atoms with E-state index in [1.807, 2.05) is 6.07 Å². The van der Waals surface area contributed by atoms with E-state index in [2.05, 4.69) is 15.9 Å². The van der Waals surface area contributed by atoms with E-state index in [0.717, 1.165) is 22.6 Å². The van der Waals surface area contributed by atoms with Crippen LogP contribution in [0.25, 0.3) is 0 Å². The summed E-state index contributed by atoms with van der Waals surface area (Å²) in [6.45, 7) is 0. The number of rotatable bonds is 3. The summed E-state index contributed by atoms with van der Waals surface area (Å²) < 4.78 is 6.26. The fourth-order valence-electron chi connectivity index (χ4n) is 1.35. The first kappa shape index (κ1) is 8.32. The highest BCUT2D eigenvalue weighted by molar-refractivity contribution is 9.10. The Morgan fingerprint density at radius 2 is 2.42 bits per heavy atom. The maximum Gasteiger partial charge on any atom is 0.121 e. The summed E-state index contributed by atoms with van der Waals surface area (Å²) in [4.78, 5) is 0. The predicted octanol–water partition coefficient (Wildman–Crippen LogP) is 2.84. The van der Waals surface area contributed by atoms with E-state index in [1.165, 1.54) is 12.8 Å². The summed E-state index contributed by atoms with van der Waals surface area (Å²) in [5.74, 6) is 1.75. The van der Waals surface area contributed by atoms with Crippen LogP contribution in [0.3, 0.4) is 0 Å². The molecule has 1 saturated carbocycles. The number of halogens is 1.